The van der Waals surface area contributed by atoms with Gasteiger partial charge in [0.15, 0.2) is 0 Å². The highest BCUT2D eigenvalue weighted by Crippen LogP contribution is 2.36. The molecule has 0 aliphatic heterocycles. The standard InChI is InChI=1S/C11H5Cl3FNO/c12-5-3-7(10(14)8(13)4-5)6-1-2-9(17)16-11(6)15/h1-4H,(H,16,17). The van der Waals surface area contributed by atoms with Crippen molar-refractivity contribution in [2.75, 3.05) is 0 Å². The van der Waals surface area contributed by atoms with Crippen LogP contribution < -0.4 is 5.56 Å². The molecule has 1 aromatic carbocycles. The Labute approximate surface area is 111 Å². The van der Waals surface area contributed by atoms with Crippen LogP contribution in [-0.4, -0.2) is 4.98 Å². The summed E-state index contributed by atoms with van der Waals surface area (Å²) in [6, 6.07) is 5.45. The first-order valence-electron chi connectivity index (χ1n) is 4.53. The summed E-state index contributed by atoms with van der Waals surface area (Å²) in [5.41, 5.74) is -0.0626. The van der Waals surface area contributed by atoms with E-state index in [1.165, 1.54) is 24.3 Å². The lowest BCUT2D eigenvalue weighted by Crippen LogP contribution is -2.06. The van der Waals surface area contributed by atoms with E-state index in [2.05, 4.69) is 0 Å². The van der Waals surface area contributed by atoms with Gasteiger partial charge in [0.05, 0.1) is 10.0 Å². The molecule has 2 nitrogen and oxygen atoms in total. The number of rotatable bonds is 1. The predicted octanol–water partition coefficient (Wildman–Crippen LogP) is 4.14. The second-order valence-electron chi connectivity index (χ2n) is 3.30. The molecule has 0 radical (unpaired) electrons. The molecule has 2 rings (SSSR count). The molecule has 1 heterocycles. The summed E-state index contributed by atoms with van der Waals surface area (Å²) in [5, 5.41) is 0.738. The number of aromatic nitrogens is 1. The van der Waals surface area contributed by atoms with E-state index in [1.54, 1.807) is 0 Å². The highest BCUT2D eigenvalue weighted by Gasteiger charge is 2.13. The predicted molar refractivity (Wildman–Crippen MR) is 67.5 cm³/mol. The minimum atomic E-state index is -0.780. The molecule has 2 aromatic rings. The van der Waals surface area contributed by atoms with Crippen molar-refractivity contribution < 1.29 is 4.39 Å². The smallest absolute Gasteiger partial charge is 0.250 e. The number of benzene rings is 1. The van der Waals surface area contributed by atoms with Crippen molar-refractivity contribution in [3.05, 3.63) is 55.6 Å². The third kappa shape index (κ3) is 2.46. The fourth-order valence-corrected chi connectivity index (χ4v) is 2.11. The van der Waals surface area contributed by atoms with E-state index in [9.17, 15) is 9.18 Å². The number of hydrogen-bond acceptors (Lipinski definition) is 1. The van der Waals surface area contributed by atoms with Crippen LogP contribution in [0.1, 0.15) is 0 Å². The van der Waals surface area contributed by atoms with E-state index < -0.39 is 11.5 Å². The molecule has 0 spiro atoms. The minimum Gasteiger partial charge on any atom is -0.298 e. The summed E-state index contributed by atoms with van der Waals surface area (Å²) < 4.78 is 13.6. The van der Waals surface area contributed by atoms with E-state index in [1.807, 2.05) is 4.98 Å². The monoisotopic (exact) mass is 291 g/mol. The molecule has 0 aliphatic rings. The average Bonchev–Trinajstić information content (AvgIpc) is 2.24. The largest absolute Gasteiger partial charge is 0.298 e. The lowest BCUT2D eigenvalue weighted by Gasteiger charge is -2.07. The number of halogens is 4. The first-order valence-corrected chi connectivity index (χ1v) is 5.66. The lowest BCUT2D eigenvalue weighted by atomic mass is 10.1. The Morgan fingerprint density at radius 1 is 1.06 bits per heavy atom. The highest BCUT2D eigenvalue weighted by atomic mass is 35.5. The van der Waals surface area contributed by atoms with Crippen LogP contribution in [-0.2, 0) is 0 Å². The first kappa shape index (κ1) is 12.4. The van der Waals surface area contributed by atoms with Gasteiger partial charge in [-0.15, -0.1) is 0 Å². The van der Waals surface area contributed by atoms with Gasteiger partial charge in [0.25, 0.3) is 0 Å². The summed E-state index contributed by atoms with van der Waals surface area (Å²) in [7, 11) is 0. The maximum absolute atomic E-state index is 13.6. The van der Waals surface area contributed by atoms with Crippen molar-refractivity contribution in [2.24, 2.45) is 0 Å². The summed E-state index contributed by atoms with van der Waals surface area (Å²) in [6.45, 7) is 0. The van der Waals surface area contributed by atoms with Crippen LogP contribution in [0.15, 0.2) is 29.1 Å². The molecule has 1 aromatic heterocycles. The Bertz CT molecular complexity index is 639. The highest BCUT2D eigenvalue weighted by molar-refractivity contribution is 6.45. The van der Waals surface area contributed by atoms with E-state index in [-0.39, 0.29) is 15.6 Å². The second kappa shape index (κ2) is 4.69. The molecule has 0 atom stereocenters. The molecule has 0 saturated heterocycles. The van der Waals surface area contributed by atoms with E-state index in [4.69, 9.17) is 34.8 Å². The molecular formula is C11H5Cl3FNO. The lowest BCUT2D eigenvalue weighted by molar-refractivity contribution is 0.583. The van der Waals surface area contributed by atoms with Gasteiger partial charge in [0.1, 0.15) is 0 Å². The maximum Gasteiger partial charge on any atom is 0.250 e. The molecular weight excluding hydrogens is 287 g/mol. The van der Waals surface area contributed by atoms with E-state index in [0.717, 1.165) is 0 Å². The molecule has 6 heteroatoms. The third-order valence-corrected chi connectivity index (χ3v) is 3.17. The van der Waals surface area contributed by atoms with Gasteiger partial charge in [0.2, 0.25) is 11.5 Å². The molecule has 0 saturated carbocycles. The van der Waals surface area contributed by atoms with Crippen molar-refractivity contribution in [3.8, 4) is 11.1 Å². The zero-order valence-electron chi connectivity index (χ0n) is 8.23. The van der Waals surface area contributed by atoms with Gasteiger partial charge in [-0.2, -0.15) is 4.39 Å². The quantitative estimate of drug-likeness (QED) is 0.622. The van der Waals surface area contributed by atoms with Gasteiger partial charge >= 0.3 is 0 Å². The molecule has 0 amide bonds. The topological polar surface area (TPSA) is 32.9 Å². The summed E-state index contributed by atoms with van der Waals surface area (Å²) in [6.07, 6.45) is 0. The second-order valence-corrected chi connectivity index (χ2v) is 4.52. The van der Waals surface area contributed by atoms with Crippen molar-refractivity contribution in [3.63, 3.8) is 0 Å². The van der Waals surface area contributed by atoms with Crippen molar-refractivity contribution in [1.82, 2.24) is 4.98 Å². The van der Waals surface area contributed by atoms with E-state index in [0.29, 0.717) is 10.6 Å². The molecule has 0 aliphatic carbocycles. The van der Waals surface area contributed by atoms with Gasteiger partial charge in [-0.1, -0.05) is 34.8 Å². The first-order chi connectivity index (χ1) is 7.99. The zero-order valence-corrected chi connectivity index (χ0v) is 10.5. The normalized spacial score (nSPS) is 10.6. The average molecular weight is 293 g/mol. The zero-order chi connectivity index (χ0) is 12.6. The van der Waals surface area contributed by atoms with Gasteiger partial charge in [-0.05, 0) is 18.2 Å². The van der Waals surface area contributed by atoms with Gasteiger partial charge in [-0.3, -0.25) is 9.78 Å². The number of aromatic amines is 1. The van der Waals surface area contributed by atoms with Crippen LogP contribution in [0, 0.1) is 5.95 Å². The van der Waals surface area contributed by atoms with Crippen LogP contribution in [0.3, 0.4) is 0 Å². The van der Waals surface area contributed by atoms with Crippen LogP contribution in [0.25, 0.3) is 11.1 Å². The third-order valence-electron chi connectivity index (χ3n) is 2.15. The Balaban J connectivity index is 2.72. The van der Waals surface area contributed by atoms with Crippen LogP contribution in [0.4, 0.5) is 4.39 Å². The summed E-state index contributed by atoms with van der Waals surface area (Å²) in [4.78, 5) is 12.9. The van der Waals surface area contributed by atoms with Gasteiger partial charge in [-0.25, -0.2) is 0 Å². The van der Waals surface area contributed by atoms with Crippen LogP contribution in [0.5, 0.6) is 0 Å². The summed E-state index contributed by atoms with van der Waals surface area (Å²) in [5.74, 6) is -0.780. The number of hydrogen-bond donors (Lipinski definition) is 1. The Morgan fingerprint density at radius 3 is 2.41 bits per heavy atom. The molecule has 0 fully saturated rings. The number of pyridine rings is 1. The number of nitrogens with one attached hydrogen (secondary N) is 1. The Morgan fingerprint density at radius 2 is 1.76 bits per heavy atom. The molecule has 0 unspecified atom stereocenters. The Hall–Kier alpha value is -1.03. The maximum atomic E-state index is 13.6. The van der Waals surface area contributed by atoms with Crippen LogP contribution >= 0.6 is 34.8 Å². The fourth-order valence-electron chi connectivity index (χ4n) is 1.41. The fraction of sp³-hybridized carbons (Fsp3) is 0. The van der Waals surface area contributed by atoms with E-state index >= 15 is 0 Å². The van der Waals surface area contributed by atoms with Crippen LogP contribution in [0.2, 0.25) is 15.1 Å². The van der Waals surface area contributed by atoms with Crippen molar-refractivity contribution in [1.29, 1.82) is 0 Å². The molecule has 88 valence electrons. The molecule has 17 heavy (non-hydrogen) atoms. The van der Waals surface area contributed by atoms with Gasteiger partial charge < -0.3 is 0 Å². The summed E-state index contributed by atoms with van der Waals surface area (Å²) >= 11 is 17.6. The van der Waals surface area contributed by atoms with Crippen molar-refractivity contribution >= 4 is 34.8 Å². The SMILES string of the molecule is O=c1ccc(-c2cc(Cl)cc(Cl)c2Cl)c(F)[nH]1. The Kier molecular flexibility index (Phi) is 3.43. The van der Waals surface area contributed by atoms with Gasteiger partial charge in [0, 0.05) is 22.2 Å². The molecule has 0 bridgehead atoms. The molecule has 1 N–H and O–H groups in total. The van der Waals surface area contributed by atoms with Crippen molar-refractivity contribution in [2.45, 2.75) is 0 Å². The number of H-pyrrole nitrogens is 1. The minimum absolute atomic E-state index is 0.138.